The maximum atomic E-state index is 14.5. The van der Waals surface area contributed by atoms with Crippen molar-refractivity contribution in [3.63, 3.8) is 0 Å². The second-order valence-electron chi connectivity index (χ2n) is 5.76. The van der Waals surface area contributed by atoms with Crippen LogP contribution in [-0.2, 0) is 6.42 Å². The molecule has 0 radical (unpaired) electrons. The van der Waals surface area contributed by atoms with Gasteiger partial charge in [0.2, 0.25) is 0 Å². The average Bonchev–Trinajstić information content (AvgIpc) is 2.57. The summed E-state index contributed by atoms with van der Waals surface area (Å²) in [5, 5.41) is 0.637. The van der Waals surface area contributed by atoms with Crippen LogP contribution in [0.15, 0.2) is 60.7 Å². The van der Waals surface area contributed by atoms with Gasteiger partial charge < -0.3 is 0 Å². The van der Waals surface area contributed by atoms with Gasteiger partial charge in [-0.15, -0.1) is 0 Å². The van der Waals surface area contributed by atoms with Crippen LogP contribution in [0.4, 0.5) is 8.78 Å². The largest absolute Gasteiger partial charge is 0.207 e. The van der Waals surface area contributed by atoms with E-state index in [0.29, 0.717) is 28.1 Å². The second kappa shape index (κ2) is 7.14. The second-order valence-corrected chi connectivity index (χ2v) is 6.19. The summed E-state index contributed by atoms with van der Waals surface area (Å²) in [6, 6.07) is 17.1. The van der Waals surface area contributed by atoms with E-state index in [2.05, 4.69) is 0 Å². The van der Waals surface area contributed by atoms with Gasteiger partial charge in [-0.05, 0) is 52.9 Å². The standard InChI is InChI=1S/C21H17ClF2/c1-2-3-15-4-5-17(13-20(15)23)19-11-8-16(12-21(19)24)14-6-9-18(22)10-7-14/h4-13H,2-3H2,1H3. The summed E-state index contributed by atoms with van der Waals surface area (Å²) in [6.45, 7) is 2.00. The van der Waals surface area contributed by atoms with Crippen molar-refractivity contribution in [2.45, 2.75) is 19.8 Å². The van der Waals surface area contributed by atoms with Crippen LogP contribution in [0.25, 0.3) is 22.3 Å². The van der Waals surface area contributed by atoms with Gasteiger partial charge in [-0.3, -0.25) is 0 Å². The number of rotatable bonds is 4. The summed E-state index contributed by atoms with van der Waals surface area (Å²) >= 11 is 5.88. The fraction of sp³-hybridized carbons (Fsp3) is 0.143. The molecule has 0 nitrogen and oxygen atoms in total. The predicted octanol–water partition coefficient (Wildman–Crippen LogP) is 6.90. The monoisotopic (exact) mass is 342 g/mol. The molecule has 3 heteroatoms. The van der Waals surface area contributed by atoms with Gasteiger partial charge in [-0.2, -0.15) is 0 Å². The Balaban J connectivity index is 1.95. The van der Waals surface area contributed by atoms with Crippen LogP contribution in [0.3, 0.4) is 0 Å². The maximum Gasteiger partial charge on any atom is 0.131 e. The zero-order valence-corrected chi connectivity index (χ0v) is 14.1. The Labute approximate surface area is 145 Å². The molecule has 0 fully saturated rings. The fourth-order valence-corrected chi connectivity index (χ4v) is 2.88. The summed E-state index contributed by atoms with van der Waals surface area (Å²) in [5.74, 6) is -0.652. The van der Waals surface area contributed by atoms with Crippen molar-refractivity contribution in [3.05, 3.63) is 82.9 Å². The van der Waals surface area contributed by atoms with Gasteiger partial charge >= 0.3 is 0 Å². The lowest BCUT2D eigenvalue weighted by atomic mass is 9.98. The number of halogens is 3. The Kier molecular flexibility index (Phi) is 4.96. The molecule has 3 aromatic rings. The quantitative estimate of drug-likeness (QED) is 0.483. The minimum absolute atomic E-state index is 0.282. The van der Waals surface area contributed by atoms with Crippen LogP contribution < -0.4 is 0 Å². The zero-order valence-electron chi connectivity index (χ0n) is 13.3. The van der Waals surface area contributed by atoms with Gasteiger partial charge in [0.15, 0.2) is 0 Å². The lowest BCUT2D eigenvalue weighted by Crippen LogP contribution is -1.92. The topological polar surface area (TPSA) is 0 Å². The van der Waals surface area contributed by atoms with E-state index in [1.165, 1.54) is 12.1 Å². The van der Waals surface area contributed by atoms with Crippen LogP contribution in [-0.4, -0.2) is 0 Å². The molecule has 0 heterocycles. The zero-order chi connectivity index (χ0) is 17.1. The van der Waals surface area contributed by atoms with E-state index in [1.807, 2.05) is 25.1 Å². The Morgan fingerprint density at radius 1 is 0.750 bits per heavy atom. The number of hydrogen-bond donors (Lipinski definition) is 0. The molecule has 0 aromatic heterocycles. The summed E-state index contributed by atoms with van der Waals surface area (Å²) in [6.07, 6.45) is 1.56. The van der Waals surface area contributed by atoms with Crippen LogP contribution in [0.2, 0.25) is 5.02 Å². The van der Waals surface area contributed by atoms with Gasteiger partial charge in [-0.25, -0.2) is 8.78 Å². The van der Waals surface area contributed by atoms with Gasteiger partial charge in [-0.1, -0.05) is 61.3 Å². The van der Waals surface area contributed by atoms with Crippen molar-refractivity contribution in [1.82, 2.24) is 0 Å². The number of benzene rings is 3. The van der Waals surface area contributed by atoms with Crippen LogP contribution in [0.1, 0.15) is 18.9 Å². The Bertz CT molecular complexity index is 854. The molecule has 0 saturated carbocycles. The van der Waals surface area contributed by atoms with E-state index in [4.69, 9.17) is 11.6 Å². The van der Waals surface area contributed by atoms with Crippen LogP contribution >= 0.6 is 11.6 Å². The molecule has 0 atom stereocenters. The minimum Gasteiger partial charge on any atom is -0.207 e. The molecule has 0 saturated heterocycles. The summed E-state index contributed by atoms with van der Waals surface area (Å²) in [5.41, 5.74) is 3.26. The fourth-order valence-electron chi connectivity index (χ4n) is 2.76. The first-order valence-electron chi connectivity index (χ1n) is 7.93. The molecular weight excluding hydrogens is 326 g/mol. The summed E-state index contributed by atoms with van der Waals surface area (Å²) < 4.78 is 28.6. The highest BCUT2D eigenvalue weighted by molar-refractivity contribution is 6.30. The lowest BCUT2D eigenvalue weighted by Gasteiger charge is -2.09. The summed E-state index contributed by atoms with van der Waals surface area (Å²) in [4.78, 5) is 0. The Hall–Kier alpha value is -2.19. The highest BCUT2D eigenvalue weighted by atomic mass is 35.5. The van der Waals surface area contributed by atoms with Crippen molar-refractivity contribution in [2.75, 3.05) is 0 Å². The normalized spacial score (nSPS) is 10.8. The van der Waals surface area contributed by atoms with E-state index in [9.17, 15) is 8.78 Å². The molecule has 0 aliphatic heterocycles. The van der Waals surface area contributed by atoms with Gasteiger partial charge in [0.25, 0.3) is 0 Å². The summed E-state index contributed by atoms with van der Waals surface area (Å²) in [7, 11) is 0. The molecular formula is C21H17ClF2. The SMILES string of the molecule is CCCc1ccc(-c2ccc(-c3ccc(Cl)cc3)cc2F)cc1F. The molecule has 0 N–H and O–H groups in total. The van der Waals surface area contributed by atoms with Crippen molar-refractivity contribution >= 4 is 11.6 Å². The van der Waals surface area contributed by atoms with E-state index in [-0.39, 0.29) is 11.6 Å². The third-order valence-electron chi connectivity index (χ3n) is 4.03. The van der Waals surface area contributed by atoms with Crippen molar-refractivity contribution in [1.29, 1.82) is 0 Å². The van der Waals surface area contributed by atoms with Crippen molar-refractivity contribution < 1.29 is 8.78 Å². The molecule has 122 valence electrons. The Morgan fingerprint density at radius 2 is 1.38 bits per heavy atom. The van der Waals surface area contributed by atoms with E-state index in [0.717, 1.165) is 17.5 Å². The highest BCUT2D eigenvalue weighted by Crippen LogP contribution is 2.29. The van der Waals surface area contributed by atoms with E-state index in [1.54, 1.807) is 30.3 Å². The van der Waals surface area contributed by atoms with Crippen molar-refractivity contribution in [2.24, 2.45) is 0 Å². The minimum atomic E-state index is -0.370. The van der Waals surface area contributed by atoms with E-state index < -0.39 is 0 Å². The molecule has 3 aromatic carbocycles. The molecule has 0 unspecified atom stereocenters. The van der Waals surface area contributed by atoms with Gasteiger partial charge in [0, 0.05) is 10.6 Å². The average molecular weight is 343 g/mol. The third-order valence-corrected chi connectivity index (χ3v) is 4.28. The number of hydrogen-bond acceptors (Lipinski definition) is 0. The first-order chi connectivity index (χ1) is 11.6. The molecule has 3 rings (SSSR count). The first-order valence-corrected chi connectivity index (χ1v) is 8.30. The maximum absolute atomic E-state index is 14.5. The molecule has 0 amide bonds. The molecule has 0 spiro atoms. The van der Waals surface area contributed by atoms with Crippen LogP contribution in [0.5, 0.6) is 0 Å². The predicted molar refractivity (Wildman–Crippen MR) is 96.2 cm³/mol. The first kappa shape index (κ1) is 16.7. The van der Waals surface area contributed by atoms with Gasteiger partial charge in [0.1, 0.15) is 11.6 Å². The lowest BCUT2D eigenvalue weighted by molar-refractivity contribution is 0.607. The molecule has 0 aliphatic carbocycles. The van der Waals surface area contributed by atoms with Gasteiger partial charge in [0.05, 0.1) is 0 Å². The van der Waals surface area contributed by atoms with Crippen LogP contribution in [0, 0.1) is 11.6 Å². The van der Waals surface area contributed by atoms with Crippen molar-refractivity contribution in [3.8, 4) is 22.3 Å². The number of aryl methyl sites for hydroxylation is 1. The molecule has 0 aliphatic rings. The third kappa shape index (κ3) is 3.49. The molecule has 0 bridgehead atoms. The highest BCUT2D eigenvalue weighted by Gasteiger charge is 2.10. The Morgan fingerprint density at radius 3 is 2.00 bits per heavy atom. The van der Waals surface area contributed by atoms with E-state index >= 15 is 0 Å². The smallest absolute Gasteiger partial charge is 0.131 e. The molecule has 24 heavy (non-hydrogen) atoms.